The molecule has 2 unspecified atom stereocenters. The van der Waals surface area contributed by atoms with Gasteiger partial charge in [-0.25, -0.2) is 4.79 Å². The highest BCUT2D eigenvalue weighted by atomic mass is 16.4. The third kappa shape index (κ3) is 4.12. The first-order chi connectivity index (χ1) is 9.49. The van der Waals surface area contributed by atoms with Crippen LogP contribution in [0.1, 0.15) is 51.9 Å². The highest BCUT2D eigenvalue weighted by Crippen LogP contribution is 2.43. The minimum Gasteiger partial charge on any atom is -0.481 e. The Kier molecular flexibility index (Phi) is 4.89. The molecule has 0 spiro atoms. The number of hydrogen-bond acceptors (Lipinski definition) is 2. The molecule has 0 heterocycles. The predicted octanol–water partition coefficient (Wildman–Crippen LogP) is 2.37. The van der Waals surface area contributed by atoms with Crippen molar-refractivity contribution in [2.75, 3.05) is 13.1 Å². The molecule has 0 aliphatic heterocycles. The lowest BCUT2D eigenvalue weighted by molar-refractivity contribution is -0.141. The van der Waals surface area contributed by atoms with Gasteiger partial charge in [0.2, 0.25) is 0 Å². The number of nitrogens with one attached hydrogen (secondary N) is 2. The van der Waals surface area contributed by atoms with Crippen LogP contribution in [-0.2, 0) is 4.79 Å². The highest BCUT2D eigenvalue weighted by molar-refractivity contribution is 5.74. The fraction of sp³-hybridized carbons (Fsp3) is 0.867. The molecule has 2 rings (SSSR count). The Hall–Kier alpha value is -1.26. The molecule has 2 saturated carbocycles. The van der Waals surface area contributed by atoms with Gasteiger partial charge >= 0.3 is 12.0 Å². The van der Waals surface area contributed by atoms with E-state index in [0.717, 1.165) is 31.7 Å². The summed E-state index contributed by atoms with van der Waals surface area (Å²) in [5, 5.41) is 14.7. The summed E-state index contributed by atoms with van der Waals surface area (Å²) in [4.78, 5) is 22.6. The molecule has 0 bridgehead atoms. The zero-order chi connectivity index (χ0) is 14.6. The molecule has 0 aromatic heterocycles. The minimum atomic E-state index is -0.771. The number of carboxylic acids is 1. The third-order valence-electron chi connectivity index (χ3n) is 4.92. The largest absolute Gasteiger partial charge is 0.481 e. The van der Waals surface area contributed by atoms with Crippen molar-refractivity contribution in [1.29, 1.82) is 0 Å². The molecular formula is C15H26N2O3. The molecular weight excluding hydrogens is 256 g/mol. The van der Waals surface area contributed by atoms with E-state index in [1.54, 1.807) is 0 Å². The Balaban J connectivity index is 1.65. The number of carbonyl (C=O) groups excluding carboxylic acids is 1. The zero-order valence-corrected chi connectivity index (χ0v) is 12.3. The van der Waals surface area contributed by atoms with E-state index < -0.39 is 5.97 Å². The van der Waals surface area contributed by atoms with Gasteiger partial charge in [0.1, 0.15) is 0 Å². The second-order valence-corrected chi connectivity index (χ2v) is 6.77. The van der Waals surface area contributed by atoms with Crippen LogP contribution in [0.2, 0.25) is 0 Å². The van der Waals surface area contributed by atoms with Gasteiger partial charge in [-0.2, -0.15) is 0 Å². The molecule has 5 nitrogen and oxygen atoms in total. The monoisotopic (exact) mass is 282 g/mol. The lowest BCUT2D eigenvalue weighted by atomic mass is 9.66. The van der Waals surface area contributed by atoms with Crippen molar-refractivity contribution >= 4 is 12.0 Å². The minimum absolute atomic E-state index is 0.152. The summed E-state index contributed by atoms with van der Waals surface area (Å²) >= 11 is 0. The first-order valence-corrected chi connectivity index (χ1v) is 7.73. The molecule has 5 heteroatoms. The van der Waals surface area contributed by atoms with E-state index in [1.807, 2.05) is 0 Å². The number of hydrogen-bond donors (Lipinski definition) is 3. The number of urea groups is 1. The van der Waals surface area contributed by atoms with E-state index >= 15 is 0 Å². The number of carboxylic acid groups (broad SMARTS) is 1. The van der Waals surface area contributed by atoms with Crippen LogP contribution < -0.4 is 10.6 Å². The summed E-state index contributed by atoms with van der Waals surface area (Å²) in [6.07, 6.45) is 6.69. The van der Waals surface area contributed by atoms with Crippen molar-refractivity contribution in [2.45, 2.75) is 51.9 Å². The van der Waals surface area contributed by atoms with Crippen molar-refractivity contribution in [3.05, 3.63) is 0 Å². The lowest BCUT2D eigenvalue weighted by Crippen LogP contribution is -2.47. The standard InChI is InChI=1S/C15H26N2O3/c1-11-3-4-12(7-11)9-16-14(20)17-10-15(5-2-6-15)8-13(18)19/h11-12H,2-10H2,1H3,(H,18,19)(H2,16,17,20). The van der Waals surface area contributed by atoms with Gasteiger partial charge in [-0.1, -0.05) is 19.8 Å². The predicted molar refractivity (Wildman–Crippen MR) is 76.4 cm³/mol. The van der Waals surface area contributed by atoms with Crippen molar-refractivity contribution < 1.29 is 14.7 Å². The van der Waals surface area contributed by atoms with Crippen LogP contribution in [0.25, 0.3) is 0 Å². The van der Waals surface area contributed by atoms with Crippen molar-refractivity contribution in [1.82, 2.24) is 10.6 Å². The maximum atomic E-state index is 11.8. The van der Waals surface area contributed by atoms with Gasteiger partial charge in [0.25, 0.3) is 0 Å². The van der Waals surface area contributed by atoms with Crippen LogP contribution in [-0.4, -0.2) is 30.2 Å². The summed E-state index contributed by atoms with van der Waals surface area (Å²) in [6.45, 7) is 3.47. The van der Waals surface area contributed by atoms with Crippen molar-refractivity contribution in [3.8, 4) is 0 Å². The molecule has 0 saturated heterocycles. The molecule has 2 aliphatic rings. The summed E-state index contributed by atoms with van der Waals surface area (Å²) in [7, 11) is 0. The maximum Gasteiger partial charge on any atom is 0.314 e. The highest BCUT2D eigenvalue weighted by Gasteiger charge is 2.39. The van der Waals surface area contributed by atoms with Crippen LogP contribution >= 0.6 is 0 Å². The summed E-state index contributed by atoms with van der Waals surface area (Å²) in [6, 6.07) is -0.152. The van der Waals surface area contributed by atoms with Crippen LogP contribution in [0.5, 0.6) is 0 Å². The van der Waals surface area contributed by atoms with E-state index in [9.17, 15) is 9.59 Å². The zero-order valence-electron chi connectivity index (χ0n) is 12.3. The molecule has 3 N–H and O–H groups in total. The average molecular weight is 282 g/mol. The van der Waals surface area contributed by atoms with E-state index in [-0.39, 0.29) is 17.9 Å². The van der Waals surface area contributed by atoms with Gasteiger partial charge in [0.05, 0.1) is 6.42 Å². The second-order valence-electron chi connectivity index (χ2n) is 6.77. The lowest BCUT2D eigenvalue weighted by Gasteiger charge is -2.40. The van der Waals surface area contributed by atoms with Gasteiger partial charge in [0.15, 0.2) is 0 Å². The Bertz CT molecular complexity index is 366. The summed E-state index contributed by atoms with van der Waals surface area (Å²) in [5.74, 6) is 0.609. The number of amides is 2. The Morgan fingerprint density at radius 3 is 2.50 bits per heavy atom. The third-order valence-corrected chi connectivity index (χ3v) is 4.92. The van der Waals surface area contributed by atoms with E-state index in [2.05, 4.69) is 17.6 Å². The van der Waals surface area contributed by atoms with Gasteiger partial charge in [-0.15, -0.1) is 0 Å². The molecule has 0 aromatic rings. The van der Waals surface area contributed by atoms with Crippen molar-refractivity contribution in [2.24, 2.45) is 17.3 Å². The van der Waals surface area contributed by atoms with Gasteiger partial charge in [-0.05, 0) is 42.9 Å². The maximum absolute atomic E-state index is 11.8. The Labute approximate surface area is 120 Å². The summed E-state index contributed by atoms with van der Waals surface area (Å²) in [5.41, 5.74) is -0.203. The average Bonchev–Trinajstić information content (AvgIpc) is 2.75. The first kappa shape index (κ1) is 15.1. The molecule has 0 radical (unpaired) electrons. The van der Waals surface area contributed by atoms with E-state index in [0.29, 0.717) is 12.5 Å². The molecule has 2 amide bonds. The SMILES string of the molecule is CC1CCC(CNC(=O)NCC2(CC(=O)O)CCC2)C1. The number of rotatable bonds is 6. The fourth-order valence-corrected chi connectivity index (χ4v) is 3.49. The number of aliphatic carboxylic acids is 1. The van der Waals surface area contributed by atoms with Crippen LogP contribution in [0.15, 0.2) is 0 Å². The fourth-order valence-electron chi connectivity index (χ4n) is 3.49. The molecule has 2 fully saturated rings. The van der Waals surface area contributed by atoms with Gasteiger partial charge in [-0.3, -0.25) is 4.79 Å². The topological polar surface area (TPSA) is 78.4 Å². The summed E-state index contributed by atoms with van der Waals surface area (Å²) < 4.78 is 0. The van der Waals surface area contributed by atoms with Crippen LogP contribution in [0, 0.1) is 17.3 Å². The normalized spacial score (nSPS) is 27.6. The second kappa shape index (κ2) is 6.46. The van der Waals surface area contributed by atoms with E-state index in [1.165, 1.54) is 19.3 Å². The van der Waals surface area contributed by atoms with Gasteiger partial charge in [0, 0.05) is 13.1 Å². The van der Waals surface area contributed by atoms with E-state index in [4.69, 9.17) is 5.11 Å². The first-order valence-electron chi connectivity index (χ1n) is 7.73. The Morgan fingerprint density at radius 2 is 2.00 bits per heavy atom. The smallest absolute Gasteiger partial charge is 0.314 e. The molecule has 0 aromatic carbocycles. The quantitative estimate of drug-likeness (QED) is 0.700. The number of carbonyl (C=O) groups is 2. The molecule has 2 atom stereocenters. The molecule has 114 valence electrons. The van der Waals surface area contributed by atoms with Crippen LogP contribution in [0.3, 0.4) is 0 Å². The molecule has 20 heavy (non-hydrogen) atoms. The molecule has 2 aliphatic carbocycles. The van der Waals surface area contributed by atoms with Gasteiger partial charge < -0.3 is 15.7 Å². The van der Waals surface area contributed by atoms with Crippen molar-refractivity contribution in [3.63, 3.8) is 0 Å². The van der Waals surface area contributed by atoms with Crippen LogP contribution in [0.4, 0.5) is 4.79 Å². The Morgan fingerprint density at radius 1 is 1.25 bits per heavy atom.